The molecule has 98 valence electrons. The number of hydrogen-bond donors (Lipinski definition) is 2. The Morgan fingerprint density at radius 3 is 2.79 bits per heavy atom. The zero-order chi connectivity index (χ0) is 13.2. The van der Waals surface area contributed by atoms with Crippen LogP contribution in [0.4, 0.5) is 5.69 Å². The highest BCUT2D eigenvalue weighted by Crippen LogP contribution is 2.36. The van der Waals surface area contributed by atoms with Gasteiger partial charge in [-0.25, -0.2) is 0 Å². The monoisotopic (exact) mass is 255 g/mol. The Morgan fingerprint density at radius 1 is 1.16 bits per heavy atom. The molecule has 0 spiro atoms. The van der Waals surface area contributed by atoms with E-state index in [1.165, 1.54) is 11.1 Å². The Hall–Kier alpha value is -2.00. The fourth-order valence-corrected chi connectivity index (χ4v) is 2.64. The number of rotatable bonds is 3. The van der Waals surface area contributed by atoms with E-state index in [1.54, 1.807) is 0 Å². The van der Waals surface area contributed by atoms with Crippen LogP contribution < -0.4 is 10.5 Å². The van der Waals surface area contributed by atoms with Gasteiger partial charge in [0.2, 0.25) is 0 Å². The highest BCUT2D eigenvalue weighted by atomic mass is 16.5. The molecule has 2 aromatic carbocycles. The zero-order valence-electron chi connectivity index (χ0n) is 10.7. The van der Waals surface area contributed by atoms with Crippen LogP contribution in [0.25, 0.3) is 0 Å². The number of aliphatic hydroxyl groups excluding tert-OH is 1. The minimum atomic E-state index is 0.229. The van der Waals surface area contributed by atoms with Crippen molar-refractivity contribution in [2.24, 2.45) is 5.92 Å². The molecular formula is C16H17NO2. The summed E-state index contributed by atoms with van der Waals surface area (Å²) < 4.78 is 5.93. The summed E-state index contributed by atoms with van der Waals surface area (Å²) in [5.74, 6) is 1.94. The smallest absolute Gasteiger partial charge is 0.130 e. The van der Waals surface area contributed by atoms with Crippen molar-refractivity contribution in [3.8, 4) is 11.5 Å². The van der Waals surface area contributed by atoms with Crippen molar-refractivity contribution in [2.75, 3.05) is 12.3 Å². The summed E-state index contributed by atoms with van der Waals surface area (Å²) in [6.07, 6.45) is 1.81. The fourth-order valence-electron chi connectivity index (χ4n) is 2.64. The maximum Gasteiger partial charge on any atom is 0.130 e. The highest BCUT2D eigenvalue weighted by Gasteiger charge is 2.23. The van der Waals surface area contributed by atoms with Crippen LogP contribution in [0, 0.1) is 5.92 Å². The summed E-state index contributed by atoms with van der Waals surface area (Å²) in [6.45, 7) is 0.229. The molecule has 1 aliphatic carbocycles. The van der Waals surface area contributed by atoms with Gasteiger partial charge < -0.3 is 15.6 Å². The van der Waals surface area contributed by atoms with E-state index in [1.807, 2.05) is 36.4 Å². The van der Waals surface area contributed by atoms with Gasteiger partial charge in [0.25, 0.3) is 0 Å². The topological polar surface area (TPSA) is 55.5 Å². The van der Waals surface area contributed by atoms with Crippen molar-refractivity contribution in [2.45, 2.75) is 12.8 Å². The Bertz CT molecular complexity index is 595. The molecule has 0 saturated heterocycles. The SMILES string of the molecule is Nc1cccc(Oc2cccc3c2CC(CO)C3)c1. The summed E-state index contributed by atoms with van der Waals surface area (Å²) in [5, 5.41) is 9.30. The van der Waals surface area contributed by atoms with Crippen LogP contribution in [0.15, 0.2) is 42.5 Å². The summed E-state index contributed by atoms with van der Waals surface area (Å²) in [7, 11) is 0. The molecule has 0 radical (unpaired) electrons. The van der Waals surface area contributed by atoms with Crippen LogP contribution in [0.5, 0.6) is 11.5 Å². The Balaban J connectivity index is 1.89. The molecule has 0 amide bonds. The van der Waals surface area contributed by atoms with Gasteiger partial charge in [0.15, 0.2) is 0 Å². The average Bonchev–Trinajstić information content (AvgIpc) is 2.83. The second-order valence-corrected chi connectivity index (χ2v) is 5.03. The second kappa shape index (κ2) is 4.94. The lowest BCUT2D eigenvalue weighted by atomic mass is 10.1. The van der Waals surface area contributed by atoms with Crippen molar-refractivity contribution in [3.05, 3.63) is 53.6 Å². The number of benzene rings is 2. The molecule has 0 heterocycles. The predicted molar refractivity (Wildman–Crippen MR) is 75.4 cm³/mol. The minimum absolute atomic E-state index is 0.229. The van der Waals surface area contributed by atoms with Crippen molar-refractivity contribution in [1.82, 2.24) is 0 Å². The Labute approximate surface area is 112 Å². The minimum Gasteiger partial charge on any atom is -0.457 e. The van der Waals surface area contributed by atoms with Gasteiger partial charge in [0, 0.05) is 18.4 Å². The number of nitrogens with two attached hydrogens (primary N) is 1. The summed E-state index contributed by atoms with van der Waals surface area (Å²) in [5.41, 5.74) is 8.94. The van der Waals surface area contributed by atoms with E-state index in [0.717, 1.165) is 24.3 Å². The van der Waals surface area contributed by atoms with Gasteiger partial charge in [-0.3, -0.25) is 0 Å². The highest BCUT2D eigenvalue weighted by molar-refractivity contribution is 5.49. The molecule has 3 heteroatoms. The summed E-state index contributed by atoms with van der Waals surface area (Å²) in [6, 6.07) is 13.5. The van der Waals surface area contributed by atoms with Crippen molar-refractivity contribution in [3.63, 3.8) is 0 Å². The van der Waals surface area contributed by atoms with Gasteiger partial charge in [-0.1, -0.05) is 18.2 Å². The Kier molecular flexibility index (Phi) is 3.13. The average molecular weight is 255 g/mol. The van der Waals surface area contributed by atoms with E-state index in [4.69, 9.17) is 10.5 Å². The molecule has 3 nitrogen and oxygen atoms in total. The number of fused-ring (bicyclic) bond motifs is 1. The van der Waals surface area contributed by atoms with Gasteiger partial charge in [0.1, 0.15) is 11.5 Å². The summed E-state index contributed by atoms with van der Waals surface area (Å²) in [4.78, 5) is 0. The van der Waals surface area contributed by atoms with Gasteiger partial charge in [-0.2, -0.15) is 0 Å². The fraction of sp³-hybridized carbons (Fsp3) is 0.250. The first-order valence-electron chi connectivity index (χ1n) is 6.51. The predicted octanol–water partition coefficient (Wildman–Crippen LogP) is 2.77. The largest absolute Gasteiger partial charge is 0.457 e. The van der Waals surface area contributed by atoms with E-state index >= 15 is 0 Å². The second-order valence-electron chi connectivity index (χ2n) is 5.03. The number of nitrogen functional groups attached to an aromatic ring is 1. The lowest BCUT2D eigenvalue weighted by molar-refractivity contribution is 0.232. The third-order valence-electron chi connectivity index (χ3n) is 3.58. The number of hydrogen-bond acceptors (Lipinski definition) is 3. The van der Waals surface area contributed by atoms with E-state index in [-0.39, 0.29) is 6.61 Å². The zero-order valence-corrected chi connectivity index (χ0v) is 10.7. The van der Waals surface area contributed by atoms with E-state index in [0.29, 0.717) is 11.6 Å². The molecule has 0 bridgehead atoms. The number of ether oxygens (including phenoxy) is 1. The molecule has 19 heavy (non-hydrogen) atoms. The molecule has 0 saturated carbocycles. The quantitative estimate of drug-likeness (QED) is 0.829. The van der Waals surface area contributed by atoms with Crippen LogP contribution in [0.3, 0.4) is 0 Å². The first-order chi connectivity index (χ1) is 9.26. The van der Waals surface area contributed by atoms with Crippen LogP contribution >= 0.6 is 0 Å². The molecular weight excluding hydrogens is 238 g/mol. The number of anilines is 1. The third-order valence-corrected chi connectivity index (χ3v) is 3.58. The maximum atomic E-state index is 9.30. The van der Waals surface area contributed by atoms with Crippen molar-refractivity contribution < 1.29 is 9.84 Å². The van der Waals surface area contributed by atoms with Crippen LogP contribution in [-0.2, 0) is 12.8 Å². The molecule has 1 unspecified atom stereocenters. The van der Waals surface area contributed by atoms with E-state index < -0.39 is 0 Å². The van der Waals surface area contributed by atoms with Gasteiger partial charge in [-0.05, 0) is 48.1 Å². The van der Waals surface area contributed by atoms with E-state index in [2.05, 4.69) is 6.07 Å². The van der Waals surface area contributed by atoms with Gasteiger partial charge >= 0.3 is 0 Å². The molecule has 2 aromatic rings. The maximum absolute atomic E-state index is 9.30. The van der Waals surface area contributed by atoms with Gasteiger partial charge in [0.05, 0.1) is 0 Å². The third kappa shape index (κ3) is 2.42. The normalized spacial score (nSPS) is 17.2. The number of aliphatic hydroxyl groups is 1. The Morgan fingerprint density at radius 2 is 2.00 bits per heavy atom. The molecule has 0 fully saturated rings. The van der Waals surface area contributed by atoms with Crippen LogP contribution in [-0.4, -0.2) is 11.7 Å². The molecule has 3 N–H and O–H groups in total. The lowest BCUT2D eigenvalue weighted by Crippen LogP contribution is -2.04. The lowest BCUT2D eigenvalue weighted by Gasteiger charge is -2.10. The molecule has 0 aromatic heterocycles. The molecule has 0 aliphatic heterocycles. The molecule has 1 aliphatic rings. The molecule has 3 rings (SSSR count). The van der Waals surface area contributed by atoms with Crippen LogP contribution in [0.2, 0.25) is 0 Å². The first kappa shape index (κ1) is 12.1. The standard InChI is InChI=1S/C16H17NO2/c17-13-4-2-5-14(9-13)19-16-6-1-3-12-7-11(10-18)8-15(12)16/h1-6,9,11,18H,7-8,10,17H2. The van der Waals surface area contributed by atoms with Crippen molar-refractivity contribution in [1.29, 1.82) is 0 Å². The summed E-state index contributed by atoms with van der Waals surface area (Å²) >= 11 is 0. The van der Waals surface area contributed by atoms with Crippen LogP contribution in [0.1, 0.15) is 11.1 Å². The van der Waals surface area contributed by atoms with Gasteiger partial charge in [-0.15, -0.1) is 0 Å². The first-order valence-corrected chi connectivity index (χ1v) is 6.51. The van der Waals surface area contributed by atoms with E-state index in [9.17, 15) is 5.11 Å². The van der Waals surface area contributed by atoms with Crippen molar-refractivity contribution >= 4 is 5.69 Å². The molecule has 1 atom stereocenters.